The number of carbonyl (C=O) groups is 1. The highest BCUT2D eigenvalue weighted by atomic mass is 79.9. The summed E-state index contributed by atoms with van der Waals surface area (Å²) in [6.07, 6.45) is 5.77. The molecule has 1 fully saturated rings. The average Bonchev–Trinajstić information content (AvgIpc) is 2.85. The molecule has 1 N–H and O–H groups in total. The van der Waals surface area contributed by atoms with Gasteiger partial charge in [-0.05, 0) is 24.3 Å². The molecule has 3 aliphatic heterocycles. The molecule has 29 heavy (non-hydrogen) atoms. The molecule has 0 saturated carbocycles. The Morgan fingerprint density at radius 1 is 1.00 bits per heavy atom. The van der Waals surface area contributed by atoms with E-state index in [1.807, 2.05) is 12.1 Å². The number of ether oxygens (including phenoxy) is 2. The van der Waals surface area contributed by atoms with Crippen molar-refractivity contribution in [1.82, 2.24) is 0 Å². The zero-order valence-electron chi connectivity index (χ0n) is 16.4. The molecule has 5 rings (SSSR count). The van der Waals surface area contributed by atoms with Crippen molar-refractivity contribution in [3.05, 3.63) is 71.8 Å². The van der Waals surface area contributed by atoms with Crippen LogP contribution in [0.25, 0.3) is 0 Å². The number of aliphatic hydroxyl groups is 1. The van der Waals surface area contributed by atoms with E-state index in [0.717, 1.165) is 17.3 Å². The van der Waals surface area contributed by atoms with Crippen LogP contribution in [0.15, 0.2) is 60.7 Å². The van der Waals surface area contributed by atoms with Crippen LogP contribution in [-0.4, -0.2) is 47.8 Å². The molecular formula is C23H24BrNO4. The number of halogens is 1. The number of carbonyl (C=O) groups excluding carboxylic acids is 1. The maximum atomic E-state index is 13.4. The van der Waals surface area contributed by atoms with Crippen molar-refractivity contribution >= 4 is 5.97 Å². The molecule has 0 aliphatic carbocycles. The minimum atomic E-state index is -1.88. The molecule has 0 aromatic heterocycles. The lowest BCUT2D eigenvalue weighted by Gasteiger charge is -2.44. The van der Waals surface area contributed by atoms with E-state index in [-0.39, 0.29) is 23.1 Å². The summed E-state index contributed by atoms with van der Waals surface area (Å²) in [7, 11) is 4.43. The highest BCUT2D eigenvalue weighted by Crippen LogP contribution is 2.47. The molecule has 6 heteroatoms. The van der Waals surface area contributed by atoms with Crippen molar-refractivity contribution in [2.45, 2.75) is 36.6 Å². The SMILES string of the molecule is C[N+]1(C)C2C=CC1CC(OC(=O)C1(O)c3ccccc3Oc3ccccc31)C2.[Br-]. The van der Waals surface area contributed by atoms with Gasteiger partial charge in [-0.15, -0.1) is 0 Å². The number of fused-ring (bicyclic) bond motifs is 4. The normalized spacial score (nSPS) is 27.1. The number of likely N-dealkylation sites (N-methyl/N-ethyl adjacent to an activating group) is 1. The summed E-state index contributed by atoms with van der Waals surface area (Å²) in [5.74, 6) is 0.319. The van der Waals surface area contributed by atoms with Gasteiger partial charge in [0.1, 0.15) is 29.7 Å². The molecule has 2 atom stereocenters. The van der Waals surface area contributed by atoms with Crippen molar-refractivity contribution in [1.29, 1.82) is 0 Å². The van der Waals surface area contributed by atoms with E-state index in [2.05, 4.69) is 26.2 Å². The van der Waals surface area contributed by atoms with Gasteiger partial charge in [0.15, 0.2) is 0 Å². The first kappa shape index (κ1) is 20.1. The highest BCUT2D eigenvalue weighted by molar-refractivity contribution is 5.88. The first-order valence-corrected chi connectivity index (χ1v) is 9.72. The Bertz CT molecular complexity index is 923. The van der Waals surface area contributed by atoms with E-state index in [1.54, 1.807) is 36.4 Å². The maximum absolute atomic E-state index is 13.4. The minimum Gasteiger partial charge on any atom is -1.00 e. The zero-order chi connectivity index (χ0) is 19.5. The van der Waals surface area contributed by atoms with Gasteiger partial charge in [0.25, 0.3) is 0 Å². The third kappa shape index (κ3) is 2.93. The number of rotatable bonds is 2. The van der Waals surface area contributed by atoms with Crippen LogP contribution in [0.1, 0.15) is 24.0 Å². The fraction of sp³-hybridized carbons (Fsp3) is 0.348. The number of quaternary nitrogens is 1. The largest absolute Gasteiger partial charge is 1.00 e. The van der Waals surface area contributed by atoms with Gasteiger partial charge >= 0.3 is 5.97 Å². The number of piperidine rings is 1. The molecule has 2 bridgehead atoms. The Labute approximate surface area is 180 Å². The van der Waals surface area contributed by atoms with Crippen LogP contribution >= 0.6 is 0 Å². The molecule has 0 spiro atoms. The molecule has 2 aromatic rings. The van der Waals surface area contributed by atoms with Gasteiger partial charge in [0.05, 0.1) is 14.1 Å². The molecule has 152 valence electrons. The Morgan fingerprint density at radius 2 is 1.48 bits per heavy atom. The quantitative estimate of drug-likeness (QED) is 0.395. The van der Waals surface area contributed by atoms with Crippen molar-refractivity contribution in [3.8, 4) is 11.5 Å². The number of hydrogen-bond donors (Lipinski definition) is 1. The Kier molecular flexibility index (Phi) is 4.84. The van der Waals surface area contributed by atoms with E-state index in [9.17, 15) is 9.90 Å². The second-order valence-electron chi connectivity index (χ2n) is 8.45. The van der Waals surface area contributed by atoms with Crippen LogP contribution in [0.4, 0.5) is 0 Å². The van der Waals surface area contributed by atoms with E-state index >= 15 is 0 Å². The Morgan fingerprint density at radius 3 is 2.00 bits per heavy atom. The molecule has 2 aromatic carbocycles. The molecule has 3 aliphatic rings. The minimum absolute atomic E-state index is 0. The van der Waals surface area contributed by atoms with E-state index in [1.165, 1.54) is 0 Å². The fourth-order valence-electron chi connectivity index (χ4n) is 4.81. The Hall–Kier alpha value is -2.15. The summed E-state index contributed by atoms with van der Waals surface area (Å²) in [5, 5.41) is 11.7. The van der Waals surface area contributed by atoms with Crippen molar-refractivity contribution < 1.29 is 40.8 Å². The summed E-state index contributed by atoms with van der Waals surface area (Å²) in [6.45, 7) is 0. The summed E-state index contributed by atoms with van der Waals surface area (Å²) in [6, 6.07) is 14.9. The lowest BCUT2D eigenvalue weighted by molar-refractivity contribution is -0.926. The molecular weight excluding hydrogens is 434 g/mol. The number of nitrogens with zero attached hydrogens (tertiary/aromatic N) is 1. The van der Waals surface area contributed by atoms with Crippen LogP contribution in [0.3, 0.4) is 0 Å². The highest BCUT2D eigenvalue weighted by Gasteiger charge is 2.51. The lowest BCUT2D eigenvalue weighted by atomic mass is 9.83. The predicted octanol–water partition coefficient (Wildman–Crippen LogP) is 0.121. The van der Waals surface area contributed by atoms with Crippen LogP contribution in [0, 0.1) is 0 Å². The second kappa shape index (κ2) is 6.97. The van der Waals surface area contributed by atoms with Crippen LogP contribution in [-0.2, 0) is 15.1 Å². The third-order valence-corrected chi connectivity index (χ3v) is 6.62. The molecule has 3 heterocycles. The van der Waals surface area contributed by atoms with Gasteiger partial charge in [-0.2, -0.15) is 0 Å². The summed E-state index contributed by atoms with van der Waals surface area (Å²) in [4.78, 5) is 13.4. The first-order valence-electron chi connectivity index (χ1n) is 9.72. The molecule has 1 saturated heterocycles. The zero-order valence-corrected chi connectivity index (χ0v) is 18.0. The molecule has 0 amide bonds. The fourth-order valence-corrected chi connectivity index (χ4v) is 4.81. The summed E-state index contributed by atoms with van der Waals surface area (Å²) < 4.78 is 12.7. The topological polar surface area (TPSA) is 55.8 Å². The van der Waals surface area contributed by atoms with Gasteiger partial charge in [-0.3, -0.25) is 0 Å². The number of esters is 1. The van der Waals surface area contributed by atoms with E-state index in [0.29, 0.717) is 34.7 Å². The summed E-state index contributed by atoms with van der Waals surface area (Å²) >= 11 is 0. The Balaban J connectivity index is 0.00000205. The third-order valence-electron chi connectivity index (χ3n) is 6.62. The van der Waals surface area contributed by atoms with Gasteiger partial charge in [0.2, 0.25) is 5.60 Å². The number of hydrogen-bond acceptors (Lipinski definition) is 4. The van der Waals surface area contributed by atoms with Gasteiger partial charge in [-0.1, -0.05) is 36.4 Å². The number of benzene rings is 2. The van der Waals surface area contributed by atoms with Gasteiger partial charge < -0.3 is 36.0 Å². The number of para-hydroxylation sites is 2. The molecule has 2 unspecified atom stereocenters. The van der Waals surface area contributed by atoms with Crippen LogP contribution in [0.2, 0.25) is 0 Å². The van der Waals surface area contributed by atoms with Gasteiger partial charge in [-0.25, -0.2) is 4.79 Å². The second-order valence-corrected chi connectivity index (χ2v) is 8.45. The van der Waals surface area contributed by atoms with Crippen molar-refractivity contribution in [2.75, 3.05) is 14.1 Å². The van der Waals surface area contributed by atoms with Gasteiger partial charge in [0, 0.05) is 24.0 Å². The first-order chi connectivity index (χ1) is 13.4. The smallest absolute Gasteiger partial charge is 0.348 e. The van der Waals surface area contributed by atoms with E-state index in [4.69, 9.17) is 9.47 Å². The maximum Gasteiger partial charge on any atom is 0.348 e. The standard InChI is InChI=1S/C23H24NO4.BrH/c1-24(2)15-11-12-16(24)14-17(13-15)27-22(25)23(26)18-7-3-5-9-20(18)28-21-10-6-4-8-19(21)23;/h3-12,15-17,26H,13-14H2,1-2H3;1H/q+1;/p-1. The predicted molar refractivity (Wildman–Crippen MR) is 104 cm³/mol. The molecule has 5 nitrogen and oxygen atoms in total. The molecule has 0 radical (unpaired) electrons. The average molecular weight is 458 g/mol. The van der Waals surface area contributed by atoms with Crippen LogP contribution < -0.4 is 21.7 Å². The van der Waals surface area contributed by atoms with E-state index < -0.39 is 11.6 Å². The monoisotopic (exact) mass is 457 g/mol. The van der Waals surface area contributed by atoms with Crippen LogP contribution in [0.5, 0.6) is 11.5 Å². The van der Waals surface area contributed by atoms with Crippen molar-refractivity contribution in [3.63, 3.8) is 0 Å². The van der Waals surface area contributed by atoms with Crippen molar-refractivity contribution in [2.24, 2.45) is 0 Å². The summed E-state index contributed by atoms with van der Waals surface area (Å²) in [5.41, 5.74) is -1.03. The lowest BCUT2D eigenvalue weighted by Crippen LogP contribution is -3.00.